The lowest BCUT2D eigenvalue weighted by atomic mass is 9.96. The molecular weight excluding hydrogens is 488 g/mol. The molecule has 1 aromatic heterocycles. The number of carboxylic acid groups (broad SMARTS) is 1. The average molecular weight is 506 g/mol. The molecule has 0 radical (unpaired) electrons. The Morgan fingerprint density at radius 3 is 2.31 bits per heavy atom. The minimum Gasteiger partial charge on any atom is -0.543 e. The Balaban J connectivity index is 1.79. The van der Waals surface area contributed by atoms with E-state index in [1.807, 2.05) is 0 Å². The molecule has 3 aromatic rings. The van der Waals surface area contributed by atoms with Crippen molar-refractivity contribution >= 4 is 17.1 Å². The fraction of sp³-hybridized carbons (Fsp3) is 0.231. The van der Waals surface area contributed by atoms with Crippen LogP contribution in [-0.2, 0) is 12.8 Å². The van der Waals surface area contributed by atoms with Crippen molar-refractivity contribution in [1.82, 2.24) is 4.98 Å². The molecule has 1 aliphatic carbocycles. The van der Waals surface area contributed by atoms with Crippen LogP contribution in [0.2, 0.25) is 0 Å². The topological polar surface area (TPSA) is 62.2 Å². The lowest BCUT2D eigenvalue weighted by Crippen LogP contribution is -2.25. The number of hydrogen-bond donors (Lipinski definition) is 0. The summed E-state index contributed by atoms with van der Waals surface area (Å²) < 4.78 is 87.3. The standard InChI is InChI=1S/C26H19F6NO3/c1-13-5-6-24(36-12-19-20(28)10-15(27)11-21(19)29)18(7-13)16-3-2-4-17(16)22-8-14(26(30,31)32)9-23(33-22)25(34)35/h5-11H,2-4,12H2,1H3,(H,34,35)/p-1. The summed E-state index contributed by atoms with van der Waals surface area (Å²) in [5.41, 5.74) is -0.429. The number of hydrogen-bond acceptors (Lipinski definition) is 4. The molecule has 10 heteroatoms. The molecule has 0 N–H and O–H groups in total. The van der Waals surface area contributed by atoms with Crippen LogP contribution in [0.5, 0.6) is 5.75 Å². The zero-order valence-electron chi connectivity index (χ0n) is 18.8. The van der Waals surface area contributed by atoms with E-state index in [9.17, 15) is 36.2 Å². The van der Waals surface area contributed by atoms with Crippen LogP contribution in [0.1, 0.15) is 57.7 Å². The van der Waals surface area contributed by atoms with E-state index < -0.39 is 53.0 Å². The molecule has 4 nitrogen and oxygen atoms in total. The average Bonchev–Trinajstić information content (AvgIpc) is 3.28. The Labute approximate surface area is 201 Å². The molecule has 0 fully saturated rings. The summed E-state index contributed by atoms with van der Waals surface area (Å²) in [4.78, 5) is 15.2. The zero-order valence-corrected chi connectivity index (χ0v) is 18.8. The van der Waals surface area contributed by atoms with Crippen molar-refractivity contribution in [3.8, 4) is 5.75 Å². The van der Waals surface area contributed by atoms with Crippen LogP contribution in [0.15, 0.2) is 42.5 Å². The number of carbonyl (C=O) groups excluding carboxylic acids is 1. The number of aromatic nitrogens is 1. The van der Waals surface area contributed by atoms with Gasteiger partial charge in [0, 0.05) is 17.7 Å². The largest absolute Gasteiger partial charge is 0.543 e. The molecule has 188 valence electrons. The highest BCUT2D eigenvalue weighted by Crippen LogP contribution is 2.44. The van der Waals surface area contributed by atoms with Gasteiger partial charge in [-0.05, 0) is 61.6 Å². The van der Waals surface area contributed by atoms with E-state index in [0.29, 0.717) is 54.2 Å². The molecular formula is C26H18F6NO3-. The van der Waals surface area contributed by atoms with Gasteiger partial charge in [-0.15, -0.1) is 0 Å². The van der Waals surface area contributed by atoms with Crippen LogP contribution >= 0.6 is 0 Å². The maximum Gasteiger partial charge on any atom is 0.416 e. The molecule has 0 saturated carbocycles. The van der Waals surface area contributed by atoms with Crippen molar-refractivity contribution in [1.29, 1.82) is 0 Å². The Bertz CT molecular complexity index is 1360. The first-order chi connectivity index (χ1) is 16.9. The smallest absolute Gasteiger partial charge is 0.416 e. The van der Waals surface area contributed by atoms with Gasteiger partial charge in [-0.3, -0.25) is 0 Å². The minimum absolute atomic E-state index is 0.153. The molecule has 0 bridgehead atoms. The van der Waals surface area contributed by atoms with Crippen LogP contribution in [0.25, 0.3) is 11.1 Å². The van der Waals surface area contributed by atoms with Crippen molar-refractivity contribution in [2.45, 2.75) is 39.0 Å². The van der Waals surface area contributed by atoms with E-state index in [1.165, 1.54) is 0 Å². The van der Waals surface area contributed by atoms with Crippen molar-refractivity contribution in [3.05, 3.63) is 93.6 Å². The zero-order chi connectivity index (χ0) is 26.2. The van der Waals surface area contributed by atoms with Crippen molar-refractivity contribution in [2.75, 3.05) is 0 Å². The van der Waals surface area contributed by atoms with Gasteiger partial charge in [-0.25, -0.2) is 18.2 Å². The number of allylic oxidation sites excluding steroid dienone is 2. The van der Waals surface area contributed by atoms with E-state index in [-0.39, 0.29) is 11.4 Å². The van der Waals surface area contributed by atoms with Crippen LogP contribution in [0.4, 0.5) is 26.3 Å². The van der Waals surface area contributed by atoms with E-state index in [1.54, 1.807) is 25.1 Å². The Kier molecular flexibility index (Phi) is 6.79. The molecule has 0 atom stereocenters. The predicted octanol–water partition coefficient (Wildman–Crippen LogP) is 5.86. The number of ether oxygens (including phenoxy) is 1. The number of benzene rings is 2. The molecule has 1 heterocycles. The van der Waals surface area contributed by atoms with E-state index in [0.717, 1.165) is 11.6 Å². The summed E-state index contributed by atoms with van der Waals surface area (Å²) in [5.74, 6) is -4.96. The highest BCUT2D eigenvalue weighted by atomic mass is 19.4. The van der Waals surface area contributed by atoms with Gasteiger partial charge >= 0.3 is 6.18 Å². The van der Waals surface area contributed by atoms with Crippen LogP contribution in [-0.4, -0.2) is 11.0 Å². The summed E-state index contributed by atoms with van der Waals surface area (Å²) >= 11 is 0. The molecule has 0 aliphatic heterocycles. The van der Waals surface area contributed by atoms with Crippen molar-refractivity contribution in [2.24, 2.45) is 0 Å². The number of aromatic carboxylic acids is 1. The first-order valence-electron chi connectivity index (χ1n) is 10.8. The highest BCUT2D eigenvalue weighted by molar-refractivity contribution is 5.94. The monoisotopic (exact) mass is 506 g/mol. The molecule has 4 rings (SSSR count). The molecule has 0 amide bonds. The first-order valence-corrected chi connectivity index (χ1v) is 10.8. The SMILES string of the molecule is Cc1ccc(OCc2c(F)cc(F)cc2F)c(C2=C(c3cc(C(F)(F)F)cc(C(=O)[O-])n3)CCC2)c1. The Morgan fingerprint density at radius 1 is 1.00 bits per heavy atom. The summed E-state index contributed by atoms with van der Waals surface area (Å²) in [5, 5.41) is 11.3. The highest BCUT2D eigenvalue weighted by Gasteiger charge is 2.33. The number of pyridine rings is 1. The van der Waals surface area contributed by atoms with E-state index >= 15 is 0 Å². The Hall–Kier alpha value is -3.82. The normalized spacial score (nSPS) is 13.9. The number of alkyl halides is 3. The van der Waals surface area contributed by atoms with E-state index in [4.69, 9.17) is 4.74 Å². The number of carbonyl (C=O) groups is 1. The van der Waals surface area contributed by atoms with Crippen LogP contribution < -0.4 is 9.84 Å². The summed E-state index contributed by atoms with van der Waals surface area (Å²) in [6, 6.07) is 7.21. The number of aryl methyl sites for hydroxylation is 1. The predicted molar refractivity (Wildman–Crippen MR) is 116 cm³/mol. The van der Waals surface area contributed by atoms with Gasteiger partial charge in [0.1, 0.15) is 29.8 Å². The number of rotatable bonds is 6. The van der Waals surface area contributed by atoms with Gasteiger partial charge < -0.3 is 14.6 Å². The number of nitrogens with zero attached hydrogens (tertiary/aromatic N) is 1. The minimum atomic E-state index is -4.80. The summed E-state index contributed by atoms with van der Waals surface area (Å²) in [6.07, 6.45) is -3.50. The van der Waals surface area contributed by atoms with Crippen LogP contribution in [0.3, 0.4) is 0 Å². The molecule has 0 spiro atoms. The summed E-state index contributed by atoms with van der Waals surface area (Å²) in [6.45, 7) is 1.21. The fourth-order valence-electron chi connectivity index (χ4n) is 4.14. The quantitative estimate of drug-likeness (QED) is 0.393. The summed E-state index contributed by atoms with van der Waals surface area (Å²) in [7, 11) is 0. The maximum absolute atomic E-state index is 14.1. The van der Waals surface area contributed by atoms with Gasteiger partial charge in [-0.1, -0.05) is 11.6 Å². The lowest BCUT2D eigenvalue weighted by Gasteiger charge is -2.17. The van der Waals surface area contributed by atoms with Crippen LogP contribution in [0, 0.1) is 24.4 Å². The van der Waals surface area contributed by atoms with Crippen molar-refractivity contribution < 1.29 is 41.0 Å². The second kappa shape index (κ2) is 9.67. The van der Waals surface area contributed by atoms with Gasteiger partial charge in [0.05, 0.1) is 28.5 Å². The third-order valence-electron chi connectivity index (χ3n) is 5.83. The van der Waals surface area contributed by atoms with Gasteiger partial charge in [-0.2, -0.15) is 13.2 Å². The third kappa shape index (κ3) is 5.22. The molecule has 36 heavy (non-hydrogen) atoms. The Morgan fingerprint density at radius 2 is 1.67 bits per heavy atom. The van der Waals surface area contributed by atoms with Gasteiger partial charge in [0.2, 0.25) is 0 Å². The molecule has 0 saturated heterocycles. The van der Waals surface area contributed by atoms with Gasteiger partial charge in [0.15, 0.2) is 0 Å². The van der Waals surface area contributed by atoms with Crippen molar-refractivity contribution in [3.63, 3.8) is 0 Å². The second-order valence-corrected chi connectivity index (χ2v) is 8.36. The van der Waals surface area contributed by atoms with E-state index in [2.05, 4.69) is 4.98 Å². The lowest BCUT2D eigenvalue weighted by molar-refractivity contribution is -0.255. The maximum atomic E-state index is 14.1. The molecule has 1 aliphatic rings. The number of halogens is 6. The molecule has 2 aromatic carbocycles. The fourth-order valence-corrected chi connectivity index (χ4v) is 4.14. The molecule has 0 unspecified atom stereocenters. The number of carboxylic acids is 1. The second-order valence-electron chi connectivity index (χ2n) is 8.36. The first kappa shape index (κ1) is 25.3. The van der Waals surface area contributed by atoms with Gasteiger partial charge in [0.25, 0.3) is 0 Å². The third-order valence-corrected chi connectivity index (χ3v) is 5.83.